The summed E-state index contributed by atoms with van der Waals surface area (Å²) in [6.07, 6.45) is 2.95. The van der Waals surface area contributed by atoms with E-state index in [-0.39, 0.29) is 5.75 Å². The average molecular weight is 406 g/mol. The maximum atomic E-state index is 13.1. The highest BCUT2D eigenvalue weighted by Crippen LogP contribution is 2.37. The van der Waals surface area contributed by atoms with E-state index in [4.69, 9.17) is 5.73 Å². The molecule has 0 saturated carbocycles. The summed E-state index contributed by atoms with van der Waals surface area (Å²) in [4.78, 5) is 17.4. The van der Waals surface area contributed by atoms with Gasteiger partial charge in [0.2, 0.25) is 0 Å². The van der Waals surface area contributed by atoms with Crippen molar-refractivity contribution < 1.29 is 16.5 Å². The highest BCUT2D eigenvalue weighted by Gasteiger charge is 2.30. The number of hydrogen-bond acceptors (Lipinski definition) is 9. The first-order valence-corrected chi connectivity index (χ1v) is 10.0. The Kier molecular flexibility index (Phi) is 4.63. The van der Waals surface area contributed by atoms with Gasteiger partial charge in [0.15, 0.2) is 11.6 Å². The van der Waals surface area contributed by atoms with Gasteiger partial charge in [0.25, 0.3) is 0 Å². The fraction of sp³-hybridized carbons (Fsp3) is 0.353. The van der Waals surface area contributed by atoms with Gasteiger partial charge in [-0.15, -0.1) is 0 Å². The van der Waals surface area contributed by atoms with Crippen molar-refractivity contribution in [3.8, 4) is 5.75 Å². The Morgan fingerprint density at radius 1 is 1.39 bits per heavy atom. The molecule has 9 nitrogen and oxygen atoms in total. The van der Waals surface area contributed by atoms with Crippen LogP contribution < -0.4 is 19.7 Å². The smallest absolute Gasteiger partial charge is 0.358 e. The average Bonchev–Trinajstić information content (AvgIpc) is 3.09. The zero-order valence-electron chi connectivity index (χ0n) is 15.2. The normalized spacial score (nSPS) is 15.7. The molecule has 1 aromatic carbocycles. The zero-order chi connectivity index (χ0) is 19.9. The molecule has 2 N–H and O–H groups in total. The second kappa shape index (κ2) is 6.99. The third-order valence-corrected chi connectivity index (χ3v) is 5.12. The van der Waals surface area contributed by atoms with Crippen molar-refractivity contribution in [3.63, 3.8) is 0 Å². The molecule has 0 radical (unpaired) electrons. The molecule has 0 unspecified atom stereocenters. The Morgan fingerprint density at radius 3 is 2.96 bits per heavy atom. The molecule has 28 heavy (non-hydrogen) atoms. The van der Waals surface area contributed by atoms with Crippen molar-refractivity contribution in [2.24, 2.45) is 10.7 Å². The van der Waals surface area contributed by atoms with Crippen LogP contribution in [0, 0.1) is 0 Å². The number of amidine groups is 1. The van der Waals surface area contributed by atoms with Crippen LogP contribution in [0.25, 0.3) is 0 Å². The number of nitrogens with two attached hydrogens (primary N) is 1. The number of aromatic nitrogens is 2. The van der Waals surface area contributed by atoms with E-state index in [2.05, 4.69) is 19.1 Å². The lowest BCUT2D eigenvalue weighted by molar-refractivity contribution is 0.437. The van der Waals surface area contributed by atoms with Crippen molar-refractivity contribution >= 4 is 27.8 Å². The van der Waals surface area contributed by atoms with Crippen LogP contribution in [0.1, 0.15) is 23.4 Å². The van der Waals surface area contributed by atoms with E-state index >= 15 is 0 Å². The van der Waals surface area contributed by atoms with Crippen molar-refractivity contribution in [1.29, 1.82) is 0 Å². The molecule has 0 fully saturated rings. The molecule has 3 heterocycles. The summed E-state index contributed by atoms with van der Waals surface area (Å²) >= 11 is 0. The SMILES string of the molecule is CN(CN)c1cnc2c(n1)CN=C2N1CCCc2c(OS(=O)(=O)F)cccc21. The lowest BCUT2D eigenvalue weighted by Crippen LogP contribution is -2.36. The van der Waals surface area contributed by atoms with Gasteiger partial charge in [-0.25, -0.2) is 9.97 Å². The Morgan fingerprint density at radius 2 is 2.21 bits per heavy atom. The number of rotatable bonds is 4. The molecule has 2 aromatic rings. The molecule has 0 spiro atoms. The second-order valence-electron chi connectivity index (χ2n) is 6.53. The topological polar surface area (TPSA) is 114 Å². The van der Waals surface area contributed by atoms with Gasteiger partial charge in [0.1, 0.15) is 11.5 Å². The van der Waals surface area contributed by atoms with E-state index in [9.17, 15) is 12.3 Å². The monoisotopic (exact) mass is 406 g/mol. The van der Waals surface area contributed by atoms with E-state index in [1.165, 1.54) is 6.07 Å². The Bertz CT molecular complexity index is 1060. The summed E-state index contributed by atoms with van der Waals surface area (Å²) in [5.41, 5.74) is 8.42. The van der Waals surface area contributed by atoms with Gasteiger partial charge in [0.05, 0.1) is 25.1 Å². The largest absolute Gasteiger partial charge is 0.488 e. The highest BCUT2D eigenvalue weighted by molar-refractivity contribution is 7.81. The van der Waals surface area contributed by atoms with Gasteiger partial charge in [0, 0.05) is 24.8 Å². The zero-order valence-corrected chi connectivity index (χ0v) is 16.0. The first-order chi connectivity index (χ1) is 13.4. The Balaban J connectivity index is 1.70. The number of fused-ring (bicyclic) bond motifs is 2. The molecule has 11 heteroatoms. The van der Waals surface area contributed by atoms with Crippen molar-refractivity contribution in [3.05, 3.63) is 41.3 Å². The lowest BCUT2D eigenvalue weighted by atomic mass is 10.00. The van der Waals surface area contributed by atoms with E-state index in [0.29, 0.717) is 49.1 Å². The quantitative estimate of drug-likeness (QED) is 0.594. The first-order valence-electron chi connectivity index (χ1n) is 8.73. The molecule has 0 aliphatic carbocycles. The molecule has 2 aliphatic heterocycles. The Hall–Kier alpha value is -2.79. The molecule has 2 aliphatic rings. The third kappa shape index (κ3) is 3.38. The lowest BCUT2D eigenvalue weighted by Gasteiger charge is -2.31. The molecule has 148 valence electrons. The number of halogens is 1. The predicted octanol–water partition coefficient (Wildman–Crippen LogP) is 1.14. The van der Waals surface area contributed by atoms with Gasteiger partial charge in [-0.1, -0.05) is 9.95 Å². The van der Waals surface area contributed by atoms with Crippen LogP contribution in [-0.4, -0.2) is 44.5 Å². The summed E-state index contributed by atoms with van der Waals surface area (Å²) in [5.74, 6) is 1.32. The minimum atomic E-state index is -5.10. The van der Waals surface area contributed by atoms with Crippen LogP contribution in [-0.2, 0) is 23.5 Å². The molecule has 4 rings (SSSR count). The summed E-state index contributed by atoms with van der Waals surface area (Å²) in [5, 5.41) is 0. The summed E-state index contributed by atoms with van der Waals surface area (Å²) in [6.45, 7) is 1.38. The minimum absolute atomic E-state index is 0.00507. The highest BCUT2D eigenvalue weighted by atomic mass is 32.3. The van der Waals surface area contributed by atoms with Gasteiger partial charge in [-0.3, -0.25) is 4.99 Å². The van der Waals surface area contributed by atoms with E-state index < -0.39 is 10.5 Å². The van der Waals surface area contributed by atoms with Crippen LogP contribution in [0.15, 0.2) is 29.4 Å². The molecular formula is C17H19FN6O3S. The van der Waals surface area contributed by atoms with E-state index in [1.807, 2.05) is 18.0 Å². The van der Waals surface area contributed by atoms with Crippen molar-refractivity contribution in [2.45, 2.75) is 19.4 Å². The van der Waals surface area contributed by atoms with Crippen LogP contribution in [0.4, 0.5) is 15.4 Å². The minimum Gasteiger partial charge on any atom is -0.358 e. The molecule has 0 saturated heterocycles. The van der Waals surface area contributed by atoms with Crippen LogP contribution in [0.5, 0.6) is 5.75 Å². The molecule has 0 bridgehead atoms. The molecule has 1 aromatic heterocycles. The van der Waals surface area contributed by atoms with Crippen LogP contribution in [0.3, 0.4) is 0 Å². The van der Waals surface area contributed by atoms with Gasteiger partial charge in [-0.2, -0.15) is 8.42 Å². The fourth-order valence-corrected chi connectivity index (χ4v) is 3.80. The van der Waals surface area contributed by atoms with E-state index in [0.717, 1.165) is 17.8 Å². The van der Waals surface area contributed by atoms with E-state index in [1.54, 1.807) is 17.2 Å². The predicted molar refractivity (Wildman–Crippen MR) is 102 cm³/mol. The molecular weight excluding hydrogens is 387 g/mol. The second-order valence-corrected chi connectivity index (χ2v) is 7.48. The maximum Gasteiger partial charge on any atom is 0.488 e. The molecule has 0 amide bonds. The number of aliphatic imine (C=N–C) groups is 1. The van der Waals surface area contributed by atoms with Gasteiger partial charge < -0.3 is 19.7 Å². The number of hydrogen-bond donors (Lipinski definition) is 1. The number of anilines is 2. The number of benzene rings is 1. The Labute approximate surface area is 162 Å². The first kappa shape index (κ1) is 18.6. The summed E-state index contributed by atoms with van der Waals surface area (Å²) in [6, 6.07) is 4.90. The number of nitrogens with zero attached hydrogens (tertiary/aromatic N) is 5. The third-order valence-electron chi connectivity index (χ3n) is 4.74. The summed E-state index contributed by atoms with van der Waals surface area (Å²) < 4.78 is 39.5. The van der Waals surface area contributed by atoms with Crippen LogP contribution in [0.2, 0.25) is 0 Å². The standard InChI is InChI=1S/C17H19FN6O3S/c1-23(10-19)15-9-20-16-12(22-15)8-21-17(16)24-7-3-4-11-13(24)5-2-6-14(11)27-28(18,25)26/h2,5-6,9H,3-4,7-8,10,19H2,1H3. The van der Waals surface area contributed by atoms with Gasteiger partial charge >= 0.3 is 10.5 Å². The maximum absolute atomic E-state index is 13.1. The van der Waals surface area contributed by atoms with Crippen LogP contribution >= 0.6 is 0 Å². The fourth-order valence-electron chi connectivity index (χ4n) is 3.43. The van der Waals surface area contributed by atoms with Crippen molar-refractivity contribution in [1.82, 2.24) is 9.97 Å². The molecule has 0 atom stereocenters. The summed E-state index contributed by atoms with van der Waals surface area (Å²) in [7, 11) is -3.27. The van der Waals surface area contributed by atoms with Gasteiger partial charge in [-0.05, 0) is 25.0 Å². The van der Waals surface area contributed by atoms with Crippen molar-refractivity contribution in [2.75, 3.05) is 30.1 Å².